The highest BCUT2D eigenvalue weighted by Gasteiger charge is 2.20. The fraction of sp³-hybridized carbons (Fsp3) is 1.00. The van der Waals surface area contributed by atoms with E-state index in [4.69, 9.17) is 11.6 Å². The summed E-state index contributed by atoms with van der Waals surface area (Å²) in [4.78, 5) is 0.471. The zero-order valence-electron chi connectivity index (χ0n) is 7.12. The lowest BCUT2D eigenvalue weighted by Crippen LogP contribution is -2.20. The lowest BCUT2D eigenvalue weighted by Gasteiger charge is -2.22. The van der Waals surface area contributed by atoms with Crippen molar-refractivity contribution in [3.8, 4) is 0 Å². The van der Waals surface area contributed by atoms with E-state index in [2.05, 4.69) is 29.8 Å². The molecule has 62 valence electrons. The standard InChI is InChI=1S/C8H16BrCl/c1-6(2)7(9)5-8(3,4)10/h6-7H,5H2,1-4H3. The molecule has 1 atom stereocenters. The average molecular weight is 228 g/mol. The maximum absolute atomic E-state index is 6.04. The Labute approximate surface area is 77.5 Å². The van der Waals surface area contributed by atoms with Crippen LogP contribution in [0, 0.1) is 5.92 Å². The van der Waals surface area contributed by atoms with Crippen LogP contribution in [-0.4, -0.2) is 9.70 Å². The molecule has 10 heavy (non-hydrogen) atoms. The molecule has 0 amide bonds. The van der Waals surface area contributed by atoms with E-state index in [1.165, 1.54) is 0 Å². The van der Waals surface area contributed by atoms with Gasteiger partial charge in [0.2, 0.25) is 0 Å². The summed E-state index contributed by atoms with van der Waals surface area (Å²) < 4.78 is 0. The van der Waals surface area contributed by atoms with Crippen LogP contribution >= 0.6 is 27.5 Å². The molecule has 0 bridgehead atoms. The van der Waals surface area contributed by atoms with Crippen LogP contribution in [-0.2, 0) is 0 Å². The van der Waals surface area contributed by atoms with Crippen molar-refractivity contribution in [1.29, 1.82) is 0 Å². The lowest BCUT2D eigenvalue weighted by atomic mass is 10.0. The quantitative estimate of drug-likeness (QED) is 0.643. The second-order valence-corrected chi connectivity index (χ2v) is 5.88. The van der Waals surface area contributed by atoms with Crippen molar-refractivity contribution in [3.63, 3.8) is 0 Å². The van der Waals surface area contributed by atoms with Gasteiger partial charge in [-0.3, -0.25) is 0 Å². The van der Waals surface area contributed by atoms with Gasteiger partial charge in [-0.25, -0.2) is 0 Å². The number of alkyl halides is 2. The molecule has 0 aliphatic rings. The molecule has 0 rings (SSSR count). The molecule has 0 aliphatic carbocycles. The fourth-order valence-electron chi connectivity index (χ4n) is 0.699. The number of rotatable bonds is 3. The first kappa shape index (κ1) is 10.8. The third-order valence-electron chi connectivity index (χ3n) is 1.40. The summed E-state index contributed by atoms with van der Waals surface area (Å²) >= 11 is 9.64. The van der Waals surface area contributed by atoms with Crippen molar-refractivity contribution >= 4 is 27.5 Å². The van der Waals surface area contributed by atoms with Crippen LogP contribution in [0.25, 0.3) is 0 Å². The average Bonchev–Trinajstić information content (AvgIpc) is 1.60. The Morgan fingerprint density at radius 1 is 1.40 bits per heavy atom. The van der Waals surface area contributed by atoms with Crippen LogP contribution in [0.15, 0.2) is 0 Å². The van der Waals surface area contributed by atoms with Crippen molar-refractivity contribution < 1.29 is 0 Å². The van der Waals surface area contributed by atoms with Crippen molar-refractivity contribution in [1.82, 2.24) is 0 Å². The summed E-state index contributed by atoms with van der Waals surface area (Å²) in [7, 11) is 0. The highest BCUT2D eigenvalue weighted by Crippen LogP contribution is 2.27. The molecule has 2 heteroatoms. The molecule has 0 saturated heterocycles. The molecule has 0 saturated carbocycles. The van der Waals surface area contributed by atoms with Gasteiger partial charge in [-0.15, -0.1) is 11.6 Å². The van der Waals surface area contributed by atoms with E-state index in [1.807, 2.05) is 13.8 Å². The third-order valence-corrected chi connectivity index (χ3v) is 2.94. The normalized spacial score (nSPS) is 15.9. The van der Waals surface area contributed by atoms with Gasteiger partial charge in [-0.05, 0) is 26.2 Å². The maximum atomic E-state index is 6.04. The van der Waals surface area contributed by atoms with Crippen LogP contribution < -0.4 is 0 Å². The second kappa shape index (κ2) is 3.96. The summed E-state index contributed by atoms with van der Waals surface area (Å²) in [5, 5.41) is 0. The van der Waals surface area contributed by atoms with Crippen molar-refractivity contribution in [3.05, 3.63) is 0 Å². The molecular formula is C8H16BrCl. The Balaban J connectivity index is 3.68. The first-order chi connectivity index (χ1) is 4.33. The largest absolute Gasteiger partial charge is 0.120 e. The summed E-state index contributed by atoms with van der Waals surface area (Å²) in [6.45, 7) is 8.49. The molecule has 0 N–H and O–H groups in total. The summed E-state index contributed by atoms with van der Waals surface area (Å²) in [5.74, 6) is 0.665. The summed E-state index contributed by atoms with van der Waals surface area (Å²) in [6.07, 6.45) is 1.02. The number of halogens is 2. The van der Waals surface area contributed by atoms with Gasteiger partial charge in [-0.1, -0.05) is 29.8 Å². The first-order valence-electron chi connectivity index (χ1n) is 3.66. The van der Waals surface area contributed by atoms with Gasteiger partial charge in [0.05, 0.1) is 0 Å². The molecule has 0 radical (unpaired) electrons. The highest BCUT2D eigenvalue weighted by atomic mass is 79.9. The minimum absolute atomic E-state index is 0.0710. The molecule has 0 aromatic carbocycles. The number of hydrogen-bond acceptors (Lipinski definition) is 0. The van der Waals surface area contributed by atoms with E-state index in [1.54, 1.807) is 0 Å². The first-order valence-corrected chi connectivity index (χ1v) is 4.95. The van der Waals surface area contributed by atoms with E-state index >= 15 is 0 Å². The van der Waals surface area contributed by atoms with Gasteiger partial charge in [0.1, 0.15) is 0 Å². The van der Waals surface area contributed by atoms with E-state index in [-0.39, 0.29) is 4.87 Å². The van der Waals surface area contributed by atoms with Gasteiger partial charge < -0.3 is 0 Å². The Hall–Kier alpha value is 0.770. The lowest BCUT2D eigenvalue weighted by molar-refractivity contribution is 0.518. The minimum atomic E-state index is -0.0710. The van der Waals surface area contributed by atoms with Crippen LogP contribution in [0.5, 0.6) is 0 Å². The predicted molar refractivity (Wildman–Crippen MR) is 52.1 cm³/mol. The van der Waals surface area contributed by atoms with E-state index in [9.17, 15) is 0 Å². The van der Waals surface area contributed by atoms with Crippen molar-refractivity contribution in [2.24, 2.45) is 5.92 Å². The molecule has 0 aromatic rings. The van der Waals surface area contributed by atoms with E-state index in [0.717, 1.165) is 6.42 Å². The number of hydrogen-bond donors (Lipinski definition) is 0. The van der Waals surface area contributed by atoms with E-state index in [0.29, 0.717) is 10.7 Å². The van der Waals surface area contributed by atoms with Crippen LogP contribution in [0.3, 0.4) is 0 Å². The predicted octanol–water partition coefficient (Wildman–Crippen LogP) is 3.81. The maximum Gasteiger partial charge on any atom is 0.0401 e. The molecule has 0 aliphatic heterocycles. The highest BCUT2D eigenvalue weighted by molar-refractivity contribution is 9.09. The van der Waals surface area contributed by atoms with Gasteiger partial charge in [0.25, 0.3) is 0 Å². The van der Waals surface area contributed by atoms with Crippen LogP contribution in [0.2, 0.25) is 0 Å². The molecule has 0 fully saturated rings. The smallest absolute Gasteiger partial charge is 0.0401 e. The van der Waals surface area contributed by atoms with Gasteiger partial charge in [-0.2, -0.15) is 0 Å². The van der Waals surface area contributed by atoms with Crippen molar-refractivity contribution in [2.45, 2.75) is 43.8 Å². The minimum Gasteiger partial charge on any atom is -0.120 e. The SMILES string of the molecule is CC(C)C(Br)CC(C)(C)Cl. The zero-order valence-corrected chi connectivity index (χ0v) is 9.46. The monoisotopic (exact) mass is 226 g/mol. The van der Waals surface area contributed by atoms with Crippen LogP contribution in [0.1, 0.15) is 34.1 Å². The van der Waals surface area contributed by atoms with E-state index < -0.39 is 0 Å². The topological polar surface area (TPSA) is 0 Å². The van der Waals surface area contributed by atoms with Gasteiger partial charge in [0, 0.05) is 9.70 Å². The molecule has 0 aromatic heterocycles. The Kier molecular flexibility index (Phi) is 4.27. The summed E-state index contributed by atoms with van der Waals surface area (Å²) in [6, 6.07) is 0. The third kappa shape index (κ3) is 5.55. The molecule has 0 heterocycles. The molecule has 0 spiro atoms. The van der Waals surface area contributed by atoms with Crippen LogP contribution in [0.4, 0.5) is 0 Å². The Bertz CT molecular complexity index is 93.9. The van der Waals surface area contributed by atoms with Gasteiger partial charge >= 0.3 is 0 Å². The van der Waals surface area contributed by atoms with Gasteiger partial charge in [0.15, 0.2) is 0 Å². The van der Waals surface area contributed by atoms with Crippen molar-refractivity contribution in [2.75, 3.05) is 0 Å². The zero-order chi connectivity index (χ0) is 8.36. The Morgan fingerprint density at radius 2 is 1.80 bits per heavy atom. The summed E-state index contributed by atoms with van der Waals surface area (Å²) in [5.41, 5.74) is 0. The second-order valence-electron chi connectivity index (χ2n) is 3.68. The molecule has 1 unspecified atom stereocenters. The molecular weight excluding hydrogens is 211 g/mol. The Morgan fingerprint density at radius 3 is 1.90 bits per heavy atom. The fourth-order valence-corrected chi connectivity index (χ4v) is 1.86. The molecule has 0 nitrogen and oxygen atoms in total.